The van der Waals surface area contributed by atoms with Crippen molar-refractivity contribution >= 4 is 0 Å². The van der Waals surface area contributed by atoms with E-state index in [9.17, 15) is 0 Å². The lowest BCUT2D eigenvalue weighted by atomic mass is 9.89. The average Bonchev–Trinajstić information content (AvgIpc) is 2.44. The molecule has 20 heavy (non-hydrogen) atoms. The van der Waals surface area contributed by atoms with Gasteiger partial charge in [-0.15, -0.1) is 0 Å². The second-order valence-corrected chi connectivity index (χ2v) is 6.64. The van der Waals surface area contributed by atoms with Crippen LogP contribution in [0.15, 0.2) is 0 Å². The van der Waals surface area contributed by atoms with Gasteiger partial charge in [-0.2, -0.15) is 0 Å². The van der Waals surface area contributed by atoms with Crippen LogP contribution in [0.3, 0.4) is 0 Å². The van der Waals surface area contributed by atoms with E-state index < -0.39 is 0 Å². The minimum absolute atomic E-state index is 0.485. The number of likely N-dealkylation sites (tertiary alicyclic amines) is 1. The lowest BCUT2D eigenvalue weighted by Crippen LogP contribution is -2.48. The van der Waals surface area contributed by atoms with Crippen LogP contribution in [0.5, 0.6) is 0 Å². The highest BCUT2D eigenvalue weighted by molar-refractivity contribution is 4.83. The molecule has 0 aromatic carbocycles. The maximum atomic E-state index is 5.62. The SMILES string of the molecule is CCCN1CCC(C(C)NC(COCC)C(C)C)CC1. The van der Waals surface area contributed by atoms with Gasteiger partial charge in [0, 0.05) is 18.7 Å². The molecule has 0 aliphatic carbocycles. The molecule has 1 saturated heterocycles. The van der Waals surface area contributed by atoms with Crippen LogP contribution in [0.25, 0.3) is 0 Å². The topological polar surface area (TPSA) is 24.5 Å². The van der Waals surface area contributed by atoms with Crippen molar-refractivity contribution in [1.29, 1.82) is 0 Å². The first-order valence-electron chi connectivity index (χ1n) is 8.64. The molecule has 2 unspecified atom stereocenters. The fourth-order valence-corrected chi connectivity index (χ4v) is 3.14. The zero-order valence-electron chi connectivity index (χ0n) is 14.3. The largest absolute Gasteiger partial charge is 0.380 e. The molecule has 3 nitrogen and oxygen atoms in total. The summed E-state index contributed by atoms with van der Waals surface area (Å²) >= 11 is 0. The van der Waals surface area contributed by atoms with E-state index in [2.05, 4.69) is 44.8 Å². The summed E-state index contributed by atoms with van der Waals surface area (Å²) in [5.74, 6) is 1.45. The number of hydrogen-bond acceptors (Lipinski definition) is 3. The number of nitrogens with zero attached hydrogens (tertiary/aromatic N) is 1. The van der Waals surface area contributed by atoms with Crippen LogP contribution in [0.4, 0.5) is 0 Å². The molecule has 1 rings (SSSR count). The Morgan fingerprint density at radius 1 is 1.15 bits per heavy atom. The lowest BCUT2D eigenvalue weighted by Gasteiger charge is -2.37. The predicted molar refractivity (Wildman–Crippen MR) is 87.2 cm³/mol. The average molecular weight is 284 g/mol. The van der Waals surface area contributed by atoms with Crippen molar-refractivity contribution in [3.8, 4) is 0 Å². The van der Waals surface area contributed by atoms with Crippen LogP contribution < -0.4 is 5.32 Å². The molecule has 1 heterocycles. The van der Waals surface area contributed by atoms with Crippen LogP contribution >= 0.6 is 0 Å². The number of rotatable bonds is 9. The molecule has 1 N–H and O–H groups in total. The molecular weight excluding hydrogens is 248 g/mol. The number of piperidine rings is 1. The number of ether oxygens (including phenoxy) is 1. The Balaban J connectivity index is 2.35. The zero-order chi connectivity index (χ0) is 15.0. The quantitative estimate of drug-likeness (QED) is 0.704. The monoisotopic (exact) mass is 284 g/mol. The van der Waals surface area contributed by atoms with Crippen molar-refractivity contribution in [3.63, 3.8) is 0 Å². The standard InChI is InChI=1S/C17H36N2O/c1-6-10-19-11-8-16(9-12-19)15(5)18-17(14(3)4)13-20-7-2/h14-18H,6-13H2,1-5H3. The molecule has 1 aliphatic heterocycles. The van der Waals surface area contributed by atoms with Gasteiger partial charge in [0.25, 0.3) is 0 Å². The first-order valence-corrected chi connectivity index (χ1v) is 8.64. The van der Waals surface area contributed by atoms with Crippen LogP contribution in [0.2, 0.25) is 0 Å². The molecule has 120 valence electrons. The summed E-state index contributed by atoms with van der Waals surface area (Å²) < 4.78 is 5.62. The summed E-state index contributed by atoms with van der Waals surface area (Å²) in [6, 6.07) is 1.09. The Morgan fingerprint density at radius 2 is 1.80 bits per heavy atom. The van der Waals surface area contributed by atoms with Crippen molar-refractivity contribution in [2.24, 2.45) is 11.8 Å². The number of nitrogens with one attached hydrogen (secondary N) is 1. The van der Waals surface area contributed by atoms with E-state index in [-0.39, 0.29) is 0 Å². The molecular formula is C17H36N2O. The summed E-state index contributed by atoms with van der Waals surface area (Å²) in [7, 11) is 0. The van der Waals surface area contributed by atoms with Crippen molar-refractivity contribution in [2.45, 2.75) is 66.0 Å². The predicted octanol–water partition coefficient (Wildman–Crippen LogP) is 3.15. The highest BCUT2D eigenvalue weighted by Crippen LogP contribution is 2.21. The second-order valence-electron chi connectivity index (χ2n) is 6.64. The third-order valence-electron chi connectivity index (χ3n) is 4.66. The third kappa shape index (κ3) is 6.11. The minimum Gasteiger partial charge on any atom is -0.380 e. The molecule has 0 aromatic rings. The van der Waals surface area contributed by atoms with Gasteiger partial charge >= 0.3 is 0 Å². The van der Waals surface area contributed by atoms with E-state index >= 15 is 0 Å². The highest BCUT2D eigenvalue weighted by atomic mass is 16.5. The fourth-order valence-electron chi connectivity index (χ4n) is 3.14. The van der Waals surface area contributed by atoms with Gasteiger partial charge < -0.3 is 15.0 Å². The normalized spacial score (nSPS) is 21.3. The van der Waals surface area contributed by atoms with E-state index in [1.54, 1.807) is 0 Å². The van der Waals surface area contributed by atoms with E-state index in [1.807, 2.05) is 0 Å². The highest BCUT2D eigenvalue weighted by Gasteiger charge is 2.25. The van der Waals surface area contributed by atoms with Crippen molar-refractivity contribution in [2.75, 3.05) is 32.8 Å². The third-order valence-corrected chi connectivity index (χ3v) is 4.66. The van der Waals surface area contributed by atoms with Gasteiger partial charge in [-0.05, 0) is 64.6 Å². The Morgan fingerprint density at radius 3 is 2.30 bits per heavy atom. The molecule has 1 aliphatic rings. The Labute approximate surface area is 126 Å². The van der Waals surface area contributed by atoms with Gasteiger partial charge in [-0.1, -0.05) is 20.8 Å². The Bertz CT molecular complexity index is 237. The molecule has 0 bridgehead atoms. The van der Waals surface area contributed by atoms with E-state index in [1.165, 1.54) is 38.9 Å². The Kier molecular flexibility index (Phi) is 8.74. The molecule has 0 radical (unpaired) electrons. The number of hydrogen-bond donors (Lipinski definition) is 1. The zero-order valence-corrected chi connectivity index (χ0v) is 14.3. The van der Waals surface area contributed by atoms with Gasteiger partial charge in [-0.25, -0.2) is 0 Å². The second kappa shape index (κ2) is 9.75. The minimum atomic E-state index is 0.485. The van der Waals surface area contributed by atoms with Crippen LogP contribution in [-0.2, 0) is 4.74 Å². The van der Waals surface area contributed by atoms with Gasteiger partial charge in [0.05, 0.1) is 6.61 Å². The molecule has 3 heteroatoms. The van der Waals surface area contributed by atoms with E-state index in [4.69, 9.17) is 4.74 Å². The summed E-state index contributed by atoms with van der Waals surface area (Å²) in [4.78, 5) is 2.61. The van der Waals surface area contributed by atoms with Gasteiger partial charge in [0.2, 0.25) is 0 Å². The molecule has 2 atom stereocenters. The molecule has 0 spiro atoms. The summed E-state index contributed by atoms with van der Waals surface area (Å²) in [6.07, 6.45) is 3.96. The van der Waals surface area contributed by atoms with Gasteiger partial charge in [-0.3, -0.25) is 0 Å². The van der Waals surface area contributed by atoms with Crippen LogP contribution in [0, 0.1) is 11.8 Å². The van der Waals surface area contributed by atoms with Crippen molar-refractivity contribution < 1.29 is 4.74 Å². The van der Waals surface area contributed by atoms with Gasteiger partial charge in [0.15, 0.2) is 0 Å². The van der Waals surface area contributed by atoms with Crippen molar-refractivity contribution in [3.05, 3.63) is 0 Å². The molecule has 0 saturated carbocycles. The lowest BCUT2D eigenvalue weighted by molar-refractivity contribution is 0.0924. The fraction of sp³-hybridized carbons (Fsp3) is 1.00. The van der Waals surface area contributed by atoms with Crippen LogP contribution in [0.1, 0.15) is 53.9 Å². The summed E-state index contributed by atoms with van der Waals surface area (Å²) in [6.45, 7) is 16.8. The molecule has 0 aromatic heterocycles. The maximum absolute atomic E-state index is 5.62. The molecule has 1 fully saturated rings. The Hall–Kier alpha value is -0.120. The smallest absolute Gasteiger partial charge is 0.0622 e. The summed E-state index contributed by atoms with van der Waals surface area (Å²) in [5, 5.41) is 3.82. The van der Waals surface area contributed by atoms with E-state index in [0.29, 0.717) is 18.0 Å². The van der Waals surface area contributed by atoms with E-state index in [0.717, 1.165) is 19.1 Å². The van der Waals surface area contributed by atoms with Gasteiger partial charge in [0.1, 0.15) is 0 Å². The molecule has 0 amide bonds. The summed E-state index contributed by atoms with van der Waals surface area (Å²) in [5.41, 5.74) is 0. The maximum Gasteiger partial charge on any atom is 0.0622 e. The first-order chi connectivity index (χ1) is 9.58. The first kappa shape index (κ1) is 17.9. The van der Waals surface area contributed by atoms with Crippen LogP contribution in [-0.4, -0.2) is 49.8 Å². The van der Waals surface area contributed by atoms with Crippen molar-refractivity contribution in [1.82, 2.24) is 10.2 Å².